The molecule has 0 spiro atoms. The Morgan fingerprint density at radius 3 is 2.77 bits per heavy atom. The van der Waals surface area contributed by atoms with Crippen LogP contribution in [0.1, 0.15) is 59.3 Å². The molecule has 0 aromatic rings. The molecule has 2 fully saturated rings. The fourth-order valence-electron chi connectivity index (χ4n) is 6.90. The highest BCUT2D eigenvalue weighted by Gasteiger charge is 2.66. The highest BCUT2D eigenvalue weighted by molar-refractivity contribution is 9.09. The molecule has 0 aromatic carbocycles. The van der Waals surface area contributed by atoms with Crippen LogP contribution < -0.4 is 0 Å². The molecule has 0 aromatic heterocycles. The van der Waals surface area contributed by atoms with Crippen molar-refractivity contribution in [3.05, 3.63) is 23.3 Å². The summed E-state index contributed by atoms with van der Waals surface area (Å²) in [5.41, 5.74) is 1.14. The van der Waals surface area contributed by atoms with E-state index in [2.05, 4.69) is 35.9 Å². The summed E-state index contributed by atoms with van der Waals surface area (Å²) in [5, 5.41) is 11.8. The van der Waals surface area contributed by atoms with Crippen molar-refractivity contribution in [2.45, 2.75) is 64.9 Å². The highest BCUT2D eigenvalue weighted by Crippen LogP contribution is 2.66. The first kappa shape index (κ1) is 18.6. The SMILES string of the molecule is CC1C[C@H]2[C@@H]3CCC4=CC(=O)CC[C@]4(C)C3=CC[C@]2(C)[C@@]1(O)C(=O)CBr. The second kappa shape index (κ2) is 5.88. The van der Waals surface area contributed by atoms with Gasteiger partial charge in [-0.3, -0.25) is 9.59 Å². The number of fused-ring (bicyclic) bond motifs is 5. The fraction of sp³-hybridized carbons (Fsp3) is 0.727. The predicted octanol–water partition coefficient (Wildman–Crippen LogP) is 4.38. The monoisotopic (exact) mass is 420 g/mol. The van der Waals surface area contributed by atoms with Gasteiger partial charge in [-0.25, -0.2) is 0 Å². The van der Waals surface area contributed by atoms with Gasteiger partial charge in [-0.1, -0.05) is 53.9 Å². The minimum atomic E-state index is -1.25. The number of hydrogen-bond donors (Lipinski definition) is 1. The second-order valence-corrected chi connectivity index (χ2v) is 10.0. The minimum Gasteiger partial charge on any atom is -0.381 e. The van der Waals surface area contributed by atoms with Gasteiger partial charge in [-0.15, -0.1) is 0 Å². The highest BCUT2D eigenvalue weighted by atomic mass is 79.9. The van der Waals surface area contributed by atoms with Crippen molar-refractivity contribution in [2.24, 2.45) is 28.6 Å². The molecule has 0 saturated heterocycles. The zero-order valence-corrected chi connectivity index (χ0v) is 17.6. The largest absolute Gasteiger partial charge is 0.381 e. The Balaban J connectivity index is 1.78. The lowest BCUT2D eigenvalue weighted by atomic mass is 9.50. The maximum Gasteiger partial charge on any atom is 0.175 e. The van der Waals surface area contributed by atoms with Crippen LogP contribution in [-0.2, 0) is 9.59 Å². The van der Waals surface area contributed by atoms with Crippen molar-refractivity contribution in [3.8, 4) is 0 Å². The Morgan fingerprint density at radius 2 is 2.08 bits per heavy atom. The van der Waals surface area contributed by atoms with E-state index < -0.39 is 11.0 Å². The van der Waals surface area contributed by atoms with Gasteiger partial charge in [-0.05, 0) is 55.9 Å². The summed E-state index contributed by atoms with van der Waals surface area (Å²) < 4.78 is 0. The van der Waals surface area contributed by atoms with Crippen molar-refractivity contribution in [3.63, 3.8) is 0 Å². The van der Waals surface area contributed by atoms with Crippen LogP contribution in [0.2, 0.25) is 0 Å². The molecule has 26 heavy (non-hydrogen) atoms. The van der Waals surface area contributed by atoms with Crippen molar-refractivity contribution in [1.82, 2.24) is 0 Å². The van der Waals surface area contributed by atoms with Gasteiger partial charge < -0.3 is 5.11 Å². The lowest BCUT2D eigenvalue weighted by Gasteiger charge is -2.54. The number of Topliss-reactive ketones (excluding diaryl/α,β-unsaturated/α-hetero) is 1. The first-order chi connectivity index (χ1) is 12.2. The van der Waals surface area contributed by atoms with E-state index in [1.807, 2.05) is 13.0 Å². The number of halogens is 1. The summed E-state index contributed by atoms with van der Waals surface area (Å²) in [6, 6.07) is 0. The predicted molar refractivity (Wildman–Crippen MR) is 105 cm³/mol. The van der Waals surface area contributed by atoms with E-state index >= 15 is 0 Å². The molecule has 3 nitrogen and oxygen atoms in total. The Labute approximate surface area is 164 Å². The maximum atomic E-state index is 12.7. The molecule has 0 amide bonds. The molecule has 142 valence electrons. The van der Waals surface area contributed by atoms with Crippen LogP contribution in [-0.4, -0.2) is 27.6 Å². The molecular formula is C22H29BrO3. The van der Waals surface area contributed by atoms with Gasteiger partial charge in [0.05, 0.1) is 5.33 Å². The van der Waals surface area contributed by atoms with Gasteiger partial charge in [0, 0.05) is 17.3 Å². The molecule has 0 bridgehead atoms. The number of carbonyl (C=O) groups is 2. The molecule has 0 heterocycles. The van der Waals surface area contributed by atoms with Crippen molar-refractivity contribution < 1.29 is 14.7 Å². The normalized spacial score (nSPS) is 47.4. The summed E-state index contributed by atoms with van der Waals surface area (Å²) in [5.74, 6) is 0.930. The van der Waals surface area contributed by atoms with Crippen molar-refractivity contribution in [1.29, 1.82) is 0 Å². The third-order valence-corrected chi connectivity index (χ3v) is 8.97. The average molecular weight is 421 g/mol. The molecule has 1 N–H and O–H groups in total. The van der Waals surface area contributed by atoms with Crippen molar-refractivity contribution >= 4 is 27.5 Å². The van der Waals surface area contributed by atoms with Crippen LogP contribution >= 0.6 is 15.9 Å². The second-order valence-electron chi connectivity index (χ2n) is 9.46. The van der Waals surface area contributed by atoms with Gasteiger partial charge in [0.15, 0.2) is 11.6 Å². The topological polar surface area (TPSA) is 54.4 Å². The lowest BCUT2D eigenvalue weighted by Crippen LogP contribution is -2.57. The minimum absolute atomic E-state index is 0.00152. The first-order valence-corrected chi connectivity index (χ1v) is 11.1. The van der Waals surface area contributed by atoms with E-state index in [-0.39, 0.29) is 28.2 Å². The van der Waals surface area contributed by atoms with Crippen LogP contribution in [0.5, 0.6) is 0 Å². The average Bonchev–Trinajstić information content (AvgIpc) is 2.83. The number of carbonyl (C=O) groups excluding carboxylic acids is 2. The zero-order chi connectivity index (χ0) is 18.9. The molecular weight excluding hydrogens is 392 g/mol. The Bertz CT molecular complexity index is 738. The fourth-order valence-corrected chi connectivity index (χ4v) is 7.32. The van der Waals surface area contributed by atoms with Crippen LogP contribution in [0.25, 0.3) is 0 Å². The molecule has 0 radical (unpaired) electrons. The van der Waals surface area contributed by atoms with Gasteiger partial charge in [0.25, 0.3) is 0 Å². The van der Waals surface area contributed by atoms with Crippen LogP contribution in [0.3, 0.4) is 0 Å². The summed E-state index contributed by atoms with van der Waals surface area (Å²) in [4.78, 5) is 24.6. The quantitative estimate of drug-likeness (QED) is 0.532. The lowest BCUT2D eigenvalue weighted by molar-refractivity contribution is -0.155. The molecule has 1 unspecified atom stereocenters. The van der Waals surface area contributed by atoms with E-state index in [1.54, 1.807) is 0 Å². The van der Waals surface area contributed by atoms with E-state index in [9.17, 15) is 14.7 Å². The molecule has 4 rings (SSSR count). The molecule has 6 atom stereocenters. The number of rotatable bonds is 2. The summed E-state index contributed by atoms with van der Waals surface area (Å²) in [6.45, 7) is 6.48. The number of alkyl halides is 1. The van der Waals surface area contributed by atoms with Crippen LogP contribution in [0.15, 0.2) is 23.3 Å². The summed E-state index contributed by atoms with van der Waals surface area (Å²) >= 11 is 3.29. The molecule has 4 aliphatic carbocycles. The van der Waals surface area contributed by atoms with E-state index in [0.717, 1.165) is 32.1 Å². The molecule has 4 heteroatoms. The molecule has 4 aliphatic rings. The number of ketones is 2. The van der Waals surface area contributed by atoms with Gasteiger partial charge in [0.1, 0.15) is 5.60 Å². The molecule has 2 saturated carbocycles. The summed E-state index contributed by atoms with van der Waals surface area (Å²) in [6.07, 6.45) is 9.42. The van der Waals surface area contributed by atoms with Gasteiger partial charge in [-0.2, -0.15) is 0 Å². The van der Waals surface area contributed by atoms with Crippen LogP contribution in [0.4, 0.5) is 0 Å². The molecule has 0 aliphatic heterocycles. The zero-order valence-electron chi connectivity index (χ0n) is 16.0. The smallest absolute Gasteiger partial charge is 0.175 e. The Morgan fingerprint density at radius 1 is 1.35 bits per heavy atom. The Hall–Kier alpha value is -0.740. The van der Waals surface area contributed by atoms with E-state index in [4.69, 9.17) is 0 Å². The third-order valence-electron chi connectivity index (χ3n) is 8.46. The first-order valence-electron chi connectivity index (χ1n) is 9.94. The van der Waals surface area contributed by atoms with Crippen molar-refractivity contribution in [2.75, 3.05) is 5.33 Å². The standard InChI is InChI=1S/C22H29BrO3/c1-13-10-18-16-5-4-14-11-15(24)6-8-20(14,2)17(16)7-9-21(18,3)22(13,26)19(25)12-23/h7,11,13,16,18,26H,4-6,8-10,12H2,1-3H3/t13?,16-,18+,20+,21+,22+/m1/s1. The van der Waals surface area contributed by atoms with Gasteiger partial charge in [0.2, 0.25) is 0 Å². The van der Waals surface area contributed by atoms with Gasteiger partial charge >= 0.3 is 0 Å². The third kappa shape index (κ3) is 2.15. The maximum absolute atomic E-state index is 12.7. The number of allylic oxidation sites excluding steroid dienone is 4. The van der Waals surface area contributed by atoms with E-state index in [1.165, 1.54) is 11.1 Å². The Kier molecular flexibility index (Phi) is 4.21. The number of aliphatic hydroxyl groups is 1. The number of hydrogen-bond acceptors (Lipinski definition) is 3. The summed E-state index contributed by atoms with van der Waals surface area (Å²) in [7, 11) is 0. The van der Waals surface area contributed by atoms with E-state index in [0.29, 0.717) is 18.3 Å². The van der Waals surface area contributed by atoms with Crippen LogP contribution in [0, 0.1) is 28.6 Å².